The molecule has 0 unspecified atom stereocenters. The molecule has 0 atom stereocenters. The summed E-state index contributed by atoms with van der Waals surface area (Å²) in [5, 5.41) is 0.712. The number of rotatable bonds is 8. The highest BCUT2D eigenvalue weighted by Crippen LogP contribution is 2.26. The van der Waals surface area contributed by atoms with E-state index in [0.29, 0.717) is 17.1 Å². The predicted octanol–water partition coefficient (Wildman–Crippen LogP) is 7.12. The van der Waals surface area contributed by atoms with Crippen LogP contribution >= 0.6 is 11.6 Å². The lowest BCUT2D eigenvalue weighted by molar-refractivity contribution is 0.627. The molecule has 35 heavy (non-hydrogen) atoms. The van der Waals surface area contributed by atoms with E-state index in [4.69, 9.17) is 23.1 Å². The molecule has 0 spiro atoms. The van der Waals surface area contributed by atoms with Crippen LogP contribution in [0.25, 0.3) is 11.3 Å². The van der Waals surface area contributed by atoms with Crippen molar-refractivity contribution in [1.82, 2.24) is 0 Å². The van der Waals surface area contributed by atoms with Gasteiger partial charge in [-0.15, -0.1) is 0 Å². The van der Waals surface area contributed by atoms with Gasteiger partial charge in [0.05, 0.1) is 0 Å². The van der Waals surface area contributed by atoms with Gasteiger partial charge in [0.1, 0.15) is 5.82 Å². The highest BCUT2D eigenvalue weighted by atomic mass is 35.5. The van der Waals surface area contributed by atoms with Crippen molar-refractivity contribution >= 4 is 22.9 Å². The van der Waals surface area contributed by atoms with Crippen molar-refractivity contribution in [2.75, 3.05) is 13.6 Å². The molecule has 3 nitrogen and oxygen atoms in total. The quantitative estimate of drug-likeness (QED) is 0.230. The fraction of sp³-hybridized carbons (Fsp3) is 0.267. The van der Waals surface area contributed by atoms with Crippen LogP contribution in [0.15, 0.2) is 84.9 Å². The molecule has 0 aliphatic heterocycles. The van der Waals surface area contributed by atoms with E-state index < -0.39 is 0 Å². The molecule has 0 bridgehead atoms. The lowest BCUT2D eigenvalue weighted by atomic mass is 9.96. The first-order valence-corrected chi connectivity index (χ1v) is 12.3. The van der Waals surface area contributed by atoms with Crippen LogP contribution in [0.4, 0.5) is 4.39 Å². The fourth-order valence-corrected chi connectivity index (χ4v) is 3.52. The highest BCUT2D eigenvalue weighted by Gasteiger charge is 2.08. The van der Waals surface area contributed by atoms with Crippen LogP contribution in [0, 0.1) is 12.7 Å². The zero-order valence-corrected chi connectivity index (χ0v) is 21.9. The van der Waals surface area contributed by atoms with Crippen LogP contribution in [0.1, 0.15) is 48.4 Å². The second kappa shape index (κ2) is 17.5. The Bertz CT molecular complexity index is 1060. The van der Waals surface area contributed by atoms with Crippen LogP contribution in [-0.4, -0.2) is 13.6 Å². The molecule has 188 valence electrons. The summed E-state index contributed by atoms with van der Waals surface area (Å²) < 4.78 is 13.9. The van der Waals surface area contributed by atoms with Crippen LogP contribution in [0.2, 0.25) is 5.02 Å². The highest BCUT2D eigenvalue weighted by molar-refractivity contribution is 6.31. The number of halogens is 2. The minimum atomic E-state index is -0.272. The summed E-state index contributed by atoms with van der Waals surface area (Å²) in [4.78, 5) is 0. The molecule has 3 rings (SSSR count). The molecule has 0 aliphatic carbocycles. The van der Waals surface area contributed by atoms with Gasteiger partial charge >= 0.3 is 0 Å². The molecule has 6 N–H and O–H groups in total. The van der Waals surface area contributed by atoms with Gasteiger partial charge in [-0.2, -0.15) is 0 Å². The van der Waals surface area contributed by atoms with Gasteiger partial charge in [0.25, 0.3) is 0 Å². The number of benzene rings is 3. The Morgan fingerprint density at radius 3 is 2.20 bits per heavy atom. The van der Waals surface area contributed by atoms with Crippen LogP contribution in [0.5, 0.6) is 0 Å². The minimum absolute atomic E-state index is 0.272. The molecular formula is C30H39ClFN3. The first kappa shape index (κ1) is 30.1. The molecule has 0 saturated heterocycles. The van der Waals surface area contributed by atoms with Crippen molar-refractivity contribution in [2.45, 2.75) is 39.5 Å². The Hall–Kier alpha value is -2.92. The van der Waals surface area contributed by atoms with Crippen molar-refractivity contribution < 1.29 is 4.39 Å². The molecular weight excluding hydrogens is 457 g/mol. The first-order chi connectivity index (χ1) is 17.0. The smallest absolute Gasteiger partial charge is 0.123 e. The average molecular weight is 496 g/mol. The lowest BCUT2D eigenvalue weighted by Gasteiger charge is -2.11. The van der Waals surface area contributed by atoms with Gasteiger partial charge in [-0.3, -0.25) is 0 Å². The van der Waals surface area contributed by atoms with E-state index in [1.807, 2.05) is 73.7 Å². The van der Waals surface area contributed by atoms with Gasteiger partial charge in [0.15, 0.2) is 0 Å². The predicted molar refractivity (Wildman–Crippen MR) is 152 cm³/mol. The Labute approximate surface area is 215 Å². The molecule has 0 fully saturated rings. The molecule has 0 amide bonds. The van der Waals surface area contributed by atoms with Crippen molar-refractivity contribution in [2.24, 2.45) is 17.2 Å². The summed E-state index contributed by atoms with van der Waals surface area (Å²) in [6, 6.07) is 22.2. The van der Waals surface area contributed by atoms with E-state index in [-0.39, 0.29) is 5.82 Å². The molecule has 0 aromatic heterocycles. The summed E-state index contributed by atoms with van der Waals surface area (Å²) in [6.45, 7) is 4.99. The largest absolute Gasteiger partial charge is 0.398 e. The summed E-state index contributed by atoms with van der Waals surface area (Å²) >= 11 is 6.28. The first-order valence-electron chi connectivity index (χ1n) is 12.0. The molecule has 3 aromatic rings. The van der Waals surface area contributed by atoms with Gasteiger partial charge in [-0.1, -0.05) is 92.0 Å². The second-order valence-corrected chi connectivity index (χ2v) is 8.28. The standard InChI is InChI=1S/C24H21ClFN.C5H13N.CH5N/c1-17-11-14-21(26)16-22(17)20(13-12-18-7-5-6-10-23(18)25)15-24(27)19-8-3-2-4-9-19;1-2-3-4-5-6;1-2/h2-11,13-16H,12,27H2,1H3;2-6H2,1H3;2H2,1H3/b20-13+,24-15-;;. The maximum atomic E-state index is 13.9. The summed E-state index contributed by atoms with van der Waals surface area (Å²) in [7, 11) is 1.50. The number of aryl methyl sites for hydroxylation is 1. The number of nitrogens with two attached hydrogens (primary N) is 3. The summed E-state index contributed by atoms with van der Waals surface area (Å²) in [5.41, 5.74) is 21.3. The number of hydrogen-bond donors (Lipinski definition) is 3. The van der Waals surface area contributed by atoms with Gasteiger partial charge < -0.3 is 17.2 Å². The third kappa shape index (κ3) is 10.9. The van der Waals surface area contributed by atoms with Crippen molar-refractivity contribution in [3.8, 4) is 0 Å². The Morgan fingerprint density at radius 1 is 0.943 bits per heavy atom. The minimum Gasteiger partial charge on any atom is -0.398 e. The zero-order valence-electron chi connectivity index (χ0n) is 21.1. The maximum absolute atomic E-state index is 13.9. The van der Waals surface area contributed by atoms with Gasteiger partial charge in [-0.05, 0) is 85.5 Å². The topological polar surface area (TPSA) is 78.1 Å². The zero-order chi connectivity index (χ0) is 26.1. The number of hydrogen-bond acceptors (Lipinski definition) is 3. The third-order valence-electron chi connectivity index (χ3n) is 5.24. The molecule has 0 saturated carbocycles. The second-order valence-electron chi connectivity index (χ2n) is 7.88. The normalized spacial score (nSPS) is 11.2. The maximum Gasteiger partial charge on any atom is 0.123 e. The Morgan fingerprint density at radius 2 is 1.60 bits per heavy atom. The van der Waals surface area contributed by atoms with Crippen molar-refractivity contribution in [1.29, 1.82) is 0 Å². The van der Waals surface area contributed by atoms with E-state index in [1.54, 1.807) is 12.1 Å². The van der Waals surface area contributed by atoms with E-state index in [2.05, 4.69) is 12.7 Å². The Kier molecular flexibility index (Phi) is 15.1. The summed E-state index contributed by atoms with van der Waals surface area (Å²) in [6.07, 6.45) is 8.32. The van der Waals surface area contributed by atoms with Crippen LogP contribution in [-0.2, 0) is 6.42 Å². The average Bonchev–Trinajstić information content (AvgIpc) is 2.89. The third-order valence-corrected chi connectivity index (χ3v) is 5.60. The molecule has 0 heterocycles. The van der Waals surface area contributed by atoms with Crippen molar-refractivity contribution in [3.05, 3.63) is 118 Å². The van der Waals surface area contributed by atoms with E-state index in [1.165, 1.54) is 32.4 Å². The van der Waals surface area contributed by atoms with E-state index in [0.717, 1.165) is 34.4 Å². The molecule has 3 aromatic carbocycles. The molecule has 0 aliphatic rings. The number of allylic oxidation sites excluding steroid dienone is 3. The SMILES string of the molecule is CCCCCN.CN.Cc1ccc(F)cc1C(/C=C(\N)c1ccccc1)=C/Cc1ccccc1Cl. The van der Waals surface area contributed by atoms with E-state index in [9.17, 15) is 4.39 Å². The van der Waals surface area contributed by atoms with E-state index >= 15 is 0 Å². The van der Waals surface area contributed by atoms with Gasteiger partial charge in [-0.25, -0.2) is 4.39 Å². The van der Waals surface area contributed by atoms with Crippen LogP contribution < -0.4 is 17.2 Å². The summed E-state index contributed by atoms with van der Waals surface area (Å²) in [5.74, 6) is -0.272. The Balaban J connectivity index is 0.000000670. The fourth-order valence-electron chi connectivity index (χ4n) is 3.31. The lowest BCUT2D eigenvalue weighted by Crippen LogP contribution is -1.98. The molecule has 0 radical (unpaired) electrons. The monoisotopic (exact) mass is 495 g/mol. The van der Waals surface area contributed by atoms with Crippen LogP contribution in [0.3, 0.4) is 0 Å². The van der Waals surface area contributed by atoms with Gasteiger partial charge in [0.2, 0.25) is 0 Å². The molecule has 5 heteroatoms. The van der Waals surface area contributed by atoms with Gasteiger partial charge in [0, 0.05) is 10.7 Å². The number of unbranched alkanes of at least 4 members (excludes halogenated alkanes) is 2. The van der Waals surface area contributed by atoms with Crippen molar-refractivity contribution in [3.63, 3.8) is 0 Å².